The lowest BCUT2D eigenvalue weighted by molar-refractivity contribution is -0.140. The van der Waals surface area contributed by atoms with E-state index >= 15 is 4.39 Å². The fraction of sp³-hybridized carbons (Fsp3) is 0.480. The van der Waals surface area contributed by atoms with Crippen LogP contribution in [0.4, 0.5) is 30.7 Å². The van der Waals surface area contributed by atoms with Gasteiger partial charge in [-0.05, 0) is 36.5 Å². The second-order valence-electron chi connectivity index (χ2n) is 10.7. The Hall–Kier alpha value is -2.67. The van der Waals surface area contributed by atoms with E-state index in [2.05, 4.69) is 9.71 Å². The third kappa shape index (κ3) is 5.68. The summed E-state index contributed by atoms with van der Waals surface area (Å²) in [6.45, 7) is 5.65. The Balaban J connectivity index is 1.94. The smallest absolute Gasteiger partial charge is 0.347 e. The van der Waals surface area contributed by atoms with Gasteiger partial charge in [0.1, 0.15) is 17.7 Å². The average Bonchev–Trinajstić information content (AvgIpc) is 3.03. The van der Waals surface area contributed by atoms with Crippen molar-refractivity contribution in [3.8, 4) is 11.1 Å². The van der Waals surface area contributed by atoms with Crippen molar-refractivity contribution >= 4 is 20.9 Å². The first-order chi connectivity index (χ1) is 17.5. The molecule has 2 aromatic heterocycles. The minimum Gasteiger partial charge on any atom is -0.347 e. The standard InChI is InChI=1S/C25H26F7N3O2S/c1-24(2,3)12-35-11-18(21(23(28)29)34-38(36,37)14-5-4-6-14)16-8-19(27)15(9-20(16)35)17-7-13(26)10-33-22(17)25(30,31)32/h7-11,14,21,23,34H,4-6,12H2,1-3H3/t21-/m0/s1. The molecule has 0 unspecified atom stereocenters. The van der Waals surface area contributed by atoms with Gasteiger partial charge in [0.15, 0.2) is 5.69 Å². The molecule has 13 heteroatoms. The molecule has 38 heavy (non-hydrogen) atoms. The van der Waals surface area contributed by atoms with E-state index in [0.29, 0.717) is 31.5 Å². The van der Waals surface area contributed by atoms with E-state index < -0.39 is 67.8 Å². The summed E-state index contributed by atoms with van der Waals surface area (Å²) in [5.74, 6) is -2.36. The zero-order valence-corrected chi connectivity index (χ0v) is 21.5. The Morgan fingerprint density at radius 1 is 1.08 bits per heavy atom. The predicted molar refractivity (Wildman–Crippen MR) is 128 cm³/mol. The normalized spacial score (nSPS) is 16.3. The number of pyridine rings is 1. The summed E-state index contributed by atoms with van der Waals surface area (Å²) in [4.78, 5) is 3.11. The quantitative estimate of drug-likeness (QED) is 0.320. The van der Waals surface area contributed by atoms with Crippen LogP contribution in [0.3, 0.4) is 0 Å². The Morgan fingerprint density at radius 2 is 1.74 bits per heavy atom. The van der Waals surface area contributed by atoms with Crippen molar-refractivity contribution in [2.45, 2.75) is 70.5 Å². The van der Waals surface area contributed by atoms with Crippen molar-refractivity contribution in [3.63, 3.8) is 0 Å². The summed E-state index contributed by atoms with van der Waals surface area (Å²) in [6, 6.07) is 0.287. The summed E-state index contributed by atoms with van der Waals surface area (Å²) in [6.07, 6.45) is -5.29. The number of aromatic nitrogens is 2. The molecule has 0 bridgehead atoms. The lowest BCUT2D eigenvalue weighted by Gasteiger charge is -2.28. The van der Waals surface area contributed by atoms with Crippen LogP contribution in [0.25, 0.3) is 22.0 Å². The van der Waals surface area contributed by atoms with E-state index in [1.165, 1.54) is 10.8 Å². The second-order valence-corrected chi connectivity index (χ2v) is 12.7. The lowest BCUT2D eigenvalue weighted by atomic mass is 9.96. The highest BCUT2D eigenvalue weighted by Gasteiger charge is 2.39. The number of nitrogens with one attached hydrogen (secondary N) is 1. The molecule has 1 aromatic carbocycles. The SMILES string of the molecule is CC(C)(C)Cn1cc([C@H](NS(=O)(=O)C2CCC2)C(F)F)c2cc(F)c(-c3cc(F)cnc3C(F)(F)F)cc21. The number of fused-ring (bicyclic) bond motifs is 1. The highest BCUT2D eigenvalue weighted by atomic mass is 32.2. The fourth-order valence-corrected chi connectivity index (χ4v) is 6.24. The maximum atomic E-state index is 15.4. The van der Waals surface area contributed by atoms with Gasteiger partial charge < -0.3 is 4.57 Å². The van der Waals surface area contributed by atoms with Crippen LogP contribution < -0.4 is 4.72 Å². The molecular weight excluding hydrogens is 539 g/mol. The monoisotopic (exact) mass is 565 g/mol. The summed E-state index contributed by atoms with van der Waals surface area (Å²) in [5, 5.41) is -0.911. The molecule has 0 spiro atoms. The van der Waals surface area contributed by atoms with Gasteiger partial charge in [0.25, 0.3) is 6.43 Å². The van der Waals surface area contributed by atoms with E-state index in [-0.39, 0.29) is 23.0 Å². The van der Waals surface area contributed by atoms with Crippen molar-refractivity contribution in [3.05, 3.63) is 53.5 Å². The van der Waals surface area contributed by atoms with Crippen LogP contribution >= 0.6 is 0 Å². The molecule has 208 valence electrons. The minimum atomic E-state index is -5.02. The molecule has 1 aliphatic rings. The van der Waals surface area contributed by atoms with Gasteiger partial charge in [-0.25, -0.2) is 35.7 Å². The number of benzene rings is 1. The Labute approximate surface area is 215 Å². The largest absolute Gasteiger partial charge is 0.433 e. The zero-order valence-electron chi connectivity index (χ0n) is 20.7. The van der Waals surface area contributed by atoms with Gasteiger partial charge in [-0.2, -0.15) is 13.2 Å². The number of hydrogen-bond acceptors (Lipinski definition) is 3. The average molecular weight is 566 g/mol. The van der Waals surface area contributed by atoms with Crippen LogP contribution in [0, 0.1) is 17.0 Å². The van der Waals surface area contributed by atoms with Crippen LogP contribution in [0.5, 0.6) is 0 Å². The Morgan fingerprint density at radius 3 is 2.26 bits per heavy atom. The minimum absolute atomic E-state index is 0.0807. The summed E-state index contributed by atoms with van der Waals surface area (Å²) >= 11 is 0. The van der Waals surface area contributed by atoms with Crippen LogP contribution in [0.15, 0.2) is 30.6 Å². The van der Waals surface area contributed by atoms with Gasteiger partial charge >= 0.3 is 6.18 Å². The fourth-order valence-electron chi connectivity index (χ4n) is 4.51. The molecule has 3 aromatic rings. The molecule has 0 amide bonds. The molecule has 2 heterocycles. The number of sulfonamides is 1. The van der Waals surface area contributed by atoms with Gasteiger partial charge in [-0.3, -0.25) is 0 Å². The third-order valence-corrected chi connectivity index (χ3v) is 8.36. The lowest BCUT2D eigenvalue weighted by Crippen LogP contribution is -2.42. The molecule has 1 N–H and O–H groups in total. The number of rotatable bonds is 7. The molecule has 1 aliphatic carbocycles. The Bertz CT molecular complexity index is 1460. The number of halogens is 7. The molecule has 1 saturated carbocycles. The highest BCUT2D eigenvalue weighted by Crippen LogP contribution is 2.41. The zero-order chi connectivity index (χ0) is 28.2. The molecule has 5 nitrogen and oxygen atoms in total. The predicted octanol–water partition coefficient (Wildman–Crippen LogP) is 6.82. The first-order valence-corrected chi connectivity index (χ1v) is 13.4. The van der Waals surface area contributed by atoms with E-state index in [1.807, 2.05) is 20.8 Å². The maximum Gasteiger partial charge on any atom is 0.433 e. The maximum absolute atomic E-state index is 15.4. The number of hydrogen-bond donors (Lipinski definition) is 1. The van der Waals surface area contributed by atoms with Crippen molar-refractivity contribution in [2.75, 3.05) is 0 Å². The van der Waals surface area contributed by atoms with Gasteiger partial charge in [0, 0.05) is 40.3 Å². The van der Waals surface area contributed by atoms with Gasteiger partial charge in [-0.1, -0.05) is 27.2 Å². The topological polar surface area (TPSA) is 64.0 Å². The van der Waals surface area contributed by atoms with Crippen LogP contribution in [0.2, 0.25) is 0 Å². The molecule has 1 atom stereocenters. The molecule has 0 radical (unpaired) electrons. The molecule has 4 rings (SSSR count). The van der Waals surface area contributed by atoms with Crippen molar-refractivity contribution < 1.29 is 39.2 Å². The number of nitrogens with zero attached hydrogens (tertiary/aromatic N) is 2. The highest BCUT2D eigenvalue weighted by molar-refractivity contribution is 7.90. The van der Waals surface area contributed by atoms with Crippen LogP contribution in [-0.4, -0.2) is 29.6 Å². The summed E-state index contributed by atoms with van der Waals surface area (Å²) < 4.78 is 127. The van der Waals surface area contributed by atoms with E-state index in [1.54, 1.807) is 0 Å². The first-order valence-electron chi connectivity index (χ1n) is 11.8. The van der Waals surface area contributed by atoms with Gasteiger partial charge in [0.05, 0.1) is 11.4 Å². The molecular formula is C25H26F7N3O2S. The summed E-state index contributed by atoms with van der Waals surface area (Å²) in [5.41, 5.74) is -3.58. The van der Waals surface area contributed by atoms with E-state index in [0.717, 1.165) is 12.1 Å². The van der Waals surface area contributed by atoms with E-state index in [4.69, 9.17) is 0 Å². The molecule has 0 aliphatic heterocycles. The van der Waals surface area contributed by atoms with Gasteiger partial charge in [0.2, 0.25) is 10.0 Å². The van der Waals surface area contributed by atoms with Gasteiger partial charge in [-0.15, -0.1) is 0 Å². The summed E-state index contributed by atoms with van der Waals surface area (Å²) in [7, 11) is -4.11. The van der Waals surface area contributed by atoms with Crippen molar-refractivity contribution in [2.24, 2.45) is 5.41 Å². The van der Waals surface area contributed by atoms with Crippen molar-refractivity contribution in [1.29, 1.82) is 0 Å². The third-order valence-electron chi connectivity index (χ3n) is 6.43. The van der Waals surface area contributed by atoms with Crippen molar-refractivity contribution in [1.82, 2.24) is 14.3 Å². The molecule has 0 saturated heterocycles. The van der Waals surface area contributed by atoms with Crippen LogP contribution in [-0.2, 0) is 22.7 Å². The van der Waals surface area contributed by atoms with E-state index in [9.17, 15) is 34.8 Å². The second kappa shape index (κ2) is 9.82. The molecule has 1 fully saturated rings. The Kier molecular flexibility index (Phi) is 7.32. The van der Waals surface area contributed by atoms with Crippen LogP contribution in [0.1, 0.15) is 57.3 Å². The first kappa shape index (κ1) is 28.3. The number of alkyl halides is 5.